The summed E-state index contributed by atoms with van der Waals surface area (Å²) in [5.41, 5.74) is 6.20. The van der Waals surface area contributed by atoms with Crippen LogP contribution in [0.3, 0.4) is 0 Å². The lowest BCUT2D eigenvalue weighted by molar-refractivity contribution is 0.194. The molecule has 0 unspecified atom stereocenters. The Morgan fingerprint density at radius 3 is 2.63 bits per heavy atom. The second-order valence-corrected chi connectivity index (χ2v) is 9.16. The number of hydrogen-bond donors (Lipinski definition) is 1. The van der Waals surface area contributed by atoms with Gasteiger partial charge in [0.05, 0.1) is 12.1 Å². The zero-order valence-corrected chi connectivity index (χ0v) is 19.6. The van der Waals surface area contributed by atoms with Crippen LogP contribution in [0.4, 0.5) is 0 Å². The maximum absolute atomic E-state index is 13.5. The van der Waals surface area contributed by atoms with Crippen molar-refractivity contribution >= 4 is 10.9 Å². The molecule has 0 aliphatic carbocycles. The Labute approximate surface area is 203 Å². The third-order valence-electron chi connectivity index (χ3n) is 6.92. The molecule has 7 heteroatoms. The molecule has 0 spiro atoms. The zero-order chi connectivity index (χ0) is 23.8. The van der Waals surface area contributed by atoms with E-state index in [2.05, 4.69) is 61.8 Å². The van der Waals surface area contributed by atoms with Crippen molar-refractivity contribution in [1.29, 1.82) is 0 Å². The van der Waals surface area contributed by atoms with E-state index < -0.39 is 0 Å². The van der Waals surface area contributed by atoms with E-state index >= 15 is 0 Å². The first kappa shape index (κ1) is 21.4. The Morgan fingerprint density at radius 2 is 1.77 bits per heavy atom. The predicted molar refractivity (Wildman–Crippen MR) is 135 cm³/mol. The van der Waals surface area contributed by atoms with Crippen LogP contribution in [0.2, 0.25) is 0 Å². The minimum Gasteiger partial charge on any atom is -0.321 e. The third-order valence-corrected chi connectivity index (χ3v) is 6.92. The van der Waals surface area contributed by atoms with Crippen molar-refractivity contribution in [2.45, 2.75) is 32.5 Å². The van der Waals surface area contributed by atoms with Gasteiger partial charge >= 0.3 is 0 Å². The smallest absolute Gasteiger partial charge is 0.253 e. The number of hydrogen-bond acceptors (Lipinski definition) is 5. The molecule has 3 heterocycles. The van der Waals surface area contributed by atoms with Crippen LogP contribution in [-0.2, 0) is 19.5 Å². The van der Waals surface area contributed by atoms with Gasteiger partial charge < -0.3 is 4.98 Å². The second-order valence-electron chi connectivity index (χ2n) is 9.16. The molecule has 174 valence electrons. The van der Waals surface area contributed by atoms with E-state index in [1.54, 1.807) is 0 Å². The van der Waals surface area contributed by atoms with Crippen LogP contribution >= 0.6 is 0 Å². The van der Waals surface area contributed by atoms with Gasteiger partial charge in [0.25, 0.3) is 5.56 Å². The number of nitrogens with one attached hydrogen (secondary N) is 1. The van der Waals surface area contributed by atoms with E-state index in [9.17, 15) is 4.79 Å². The second kappa shape index (κ2) is 8.92. The van der Waals surface area contributed by atoms with E-state index in [4.69, 9.17) is 0 Å². The van der Waals surface area contributed by atoms with Gasteiger partial charge in [-0.05, 0) is 57.5 Å². The number of aromatic nitrogens is 5. The van der Waals surface area contributed by atoms with E-state index in [1.165, 1.54) is 11.1 Å². The number of benzene rings is 3. The number of para-hydroxylation sites is 1. The van der Waals surface area contributed by atoms with Crippen molar-refractivity contribution in [2.24, 2.45) is 0 Å². The van der Waals surface area contributed by atoms with Gasteiger partial charge in [0.2, 0.25) is 0 Å². The molecule has 2 aromatic heterocycles. The Hall–Kier alpha value is -4.10. The zero-order valence-electron chi connectivity index (χ0n) is 19.6. The Bertz CT molecular complexity index is 1560. The fraction of sp³-hybridized carbons (Fsp3) is 0.214. The van der Waals surface area contributed by atoms with Gasteiger partial charge in [-0.2, -0.15) is 0 Å². The molecule has 35 heavy (non-hydrogen) atoms. The molecule has 7 nitrogen and oxygen atoms in total. The monoisotopic (exact) mass is 462 g/mol. The van der Waals surface area contributed by atoms with Gasteiger partial charge in [-0.1, -0.05) is 72.8 Å². The van der Waals surface area contributed by atoms with Crippen LogP contribution in [-0.4, -0.2) is 36.6 Å². The summed E-state index contributed by atoms with van der Waals surface area (Å²) in [6.07, 6.45) is 0.914. The molecule has 1 aliphatic heterocycles. The van der Waals surface area contributed by atoms with Gasteiger partial charge in [-0.15, -0.1) is 5.10 Å². The van der Waals surface area contributed by atoms with Crippen molar-refractivity contribution in [3.05, 3.63) is 123 Å². The van der Waals surface area contributed by atoms with Gasteiger partial charge in [-0.3, -0.25) is 9.69 Å². The molecule has 0 fully saturated rings. The first-order valence-electron chi connectivity index (χ1n) is 11.9. The van der Waals surface area contributed by atoms with E-state index in [0.29, 0.717) is 17.9 Å². The van der Waals surface area contributed by atoms with Crippen molar-refractivity contribution in [2.75, 3.05) is 6.54 Å². The Balaban J connectivity index is 1.49. The normalized spacial score (nSPS) is 14.7. The van der Waals surface area contributed by atoms with Crippen LogP contribution in [0.5, 0.6) is 0 Å². The molecule has 1 N–H and O–H groups in total. The van der Waals surface area contributed by atoms with Crippen LogP contribution in [0.25, 0.3) is 10.9 Å². The van der Waals surface area contributed by atoms with Crippen LogP contribution in [0.1, 0.15) is 39.7 Å². The fourth-order valence-electron chi connectivity index (χ4n) is 5.12. The molecule has 0 radical (unpaired) electrons. The van der Waals surface area contributed by atoms with Gasteiger partial charge in [0.15, 0.2) is 5.82 Å². The molecule has 5 aromatic rings. The quantitative estimate of drug-likeness (QED) is 0.427. The number of pyridine rings is 1. The highest BCUT2D eigenvalue weighted by molar-refractivity contribution is 5.82. The summed E-state index contributed by atoms with van der Waals surface area (Å²) in [4.78, 5) is 19.0. The number of rotatable bonds is 5. The first-order chi connectivity index (χ1) is 17.2. The van der Waals surface area contributed by atoms with Gasteiger partial charge in [0, 0.05) is 18.7 Å². The fourth-order valence-corrected chi connectivity index (χ4v) is 5.12. The summed E-state index contributed by atoms with van der Waals surface area (Å²) in [6, 6.07) is 26.3. The van der Waals surface area contributed by atoms with Crippen molar-refractivity contribution < 1.29 is 0 Å². The lowest BCUT2D eigenvalue weighted by Gasteiger charge is -2.34. The summed E-state index contributed by atoms with van der Waals surface area (Å²) in [5.74, 6) is 0.672. The Kier molecular flexibility index (Phi) is 5.47. The highest BCUT2D eigenvalue weighted by atomic mass is 16.1. The molecule has 0 saturated heterocycles. The number of tetrazole rings is 1. The summed E-state index contributed by atoms with van der Waals surface area (Å²) in [6.45, 7) is 4.08. The minimum absolute atomic E-state index is 0.107. The molecule has 0 bridgehead atoms. The third kappa shape index (κ3) is 4.04. The standard InChI is InChI=1S/C28H26N6O/c1-19-8-7-13-22-16-24(28(35)29-25(19)22)26(33-15-14-21-11-5-6-12-23(21)18-33)27-30-31-32-34(27)17-20-9-3-2-4-10-20/h2-13,16,26H,14-15,17-18H2,1H3,(H,29,35)/t26-/m1/s1. The SMILES string of the molecule is Cc1cccc2cc([C@H](c3nnnn3Cc3ccccc3)N3CCc4ccccc4C3)c(=O)[nH]c12. The molecule has 6 rings (SSSR count). The minimum atomic E-state index is -0.379. The summed E-state index contributed by atoms with van der Waals surface area (Å²) in [5, 5.41) is 13.8. The molecule has 3 aromatic carbocycles. The summed E-state index contributed by atoms with van der Waals surface area (Å²) >= 11 is 0. The molecular weight excluding hydrogens is 436 g/mol. The first-order valence-corrected chi connectivity index (χ1v) is 11.9. The van der Waals surface area contributed by atoms with E-state index in [0.717, 1.165) is 41.5 Å². The molecule has 0 amide bonds. The number of nitrogens with zero attached hydrogens (tertiary/aromatic N) is 5. The summed E-state index contributed by atoms with van der Waals surface area (Å²) in [7, 11) is 0. The predicted octanol–water partition coefficient (Wildman–Crippen LogP) is 4.02. The number of H-pyrrole nitrogens is 1. The molecule has 0 saturated carbocycles. The highest BCUT2D eigenvalue weighted by Gasteiger charge is 2.32. The largest absolute Gasteiger partial charge is 0.321 e. The average molecular weight is 463 g/mol. The lowest BCUT2D eigenvalue weighted by Crippen LogP contribution is -2.38. The van der Waals surface area contributed by atoms with Crippen molar-refractivity contribution in [3.63, 3.8) is 0 Å². The topological polar surface area (TPSA) is 79.7 Å². The number of aryl methyl sites for hydroxylation is 1. The van der Waals surface area contributed by atoms with Gasteiger partial charge in [-0.25, -0.2) is 4.68 Å². The number of aromatic amines is 1. The molecular formula is C28H26N6O. The Morgan fingerprint density at radius 1 is 0.971 bits per heavy atom. The lowest BCUT2D eigenvalue weighted by atomic mass is 9.95. The van der Waals surface area contributed by atoms with Crippen molar-refractivity contribution in [1.82, 2.24) is 30.1 Å². The number of fused-ring (bicyclic) bond motifs is 2. The van der Waals surface area contributed by atoms with Crippen molar-refractivity contribution in [3.8, 4) is 0 Å². The summed E-state index contributed by atoms with van der Waals surface area (Å²) < 4.78 is 1.82. The maximum atomic E-state index is 13.5. The van der Waals surface area contributed by atoms with E-state index in [1.807, 2.05) is 54.1 Å². The average Bonchev–Trinajstić information content (AvgIpc) is 3.33. The van der Waals surface area contributed by atoms with Crippen LogP contribution < -0.4 is 5.56 Å². The van der Waals surface area contributed by atoms with Gasteiger partial charge in [0.1, 0.15) is 6.04 Å². The molecule has 1 atom stereocenters. The van der Waals surface area contributed by atoms with Crippen LogP contribution in [0, 0.1) is 6.92 Å². The van der Waals surface area contributed by atoms with Crippen LogP contribution in [0.15, 0.2) is 83.7 Å². The van der Waals surface area contributed by atoms with E-state index in [-0.39, 0.29) is 11.6 Å². The highest BCUT2D eigenvalue weighted by Crippen LogP contribution is 2.32. The molecule has 1 aliphatic rings. The maximum Gasteiger partial charge on any atom is 0.253 e.